The Balaban J connectivity index is 2.79. The number of nitrogens with zero attached hydrogens (tertiary/aromatic N) is 1. The zero-order valence-corrected chi connectivity index (χ0v) is 14.1. The predicted molar refractivity (Wildman–Crippen MR) is 87.2 cm³/mol. The SMILES string of the molecule is CCCC(CCBr)CNC(=O)c1cc(Cl)ccc1[N+](=O)[O-]. The van der Waals surface area contributed by atoms with E-state index in [0.717, 1.165) is 24.6 Å². The summed E-state index contributed by atoms with van der Waals surface area (Å²) in [6, 6.07) is 3.98. The summed E-state index contributed by atoms with van der Waals surface area (Å²) in [5.74, 6) is -0.101. The van der Waals surface area contributed by atoms with Crippen molar-refractivity contribution in [1.82, 2.24) is 5.32 Å². The van der Waals surface area contributed by atoms with Gasteiger partial charge < -0.3 is 5.32 Å². The topological polar surface area (TPSA) is 72.2 Å². The van der Waals surface area contributed by atoms with Gasteiger partial charge in [0, 0.05) is 23.0 Å². The fourth-order valence-corrected chi connectivity index (χ4v) is 2.91. The molecule has 1 N–H and O–H groups in total. The number of carbonyl (C=O) groups is 1. The predicted octanol–water partition coefficient (Wildman–Crippen LogP) is 4.18. The largest absolute Gasteiger partial charge is 0.352 e. The molecule has 1 unspecified atom stereocenters. The monoisotopic (exact) mass is 376 g/mol. The van der Waals surface area contributed by atoms with Crippen molar-refractivity contribution in [3.05, 3.63) is 38.9 Å². The fourth-order valence-electron chi connectivity index (χ4n) is 2.09. The van der Waals surface area contributed by atoms with Crippen LogP contribution >= 0.6 is 27.5 Å². The molecule has 0 aliphatic heterocycles. The van der Waals surface area contributed by atoms with Crippen molar-refractivity contribution in [3.8, 4) is 0 Å². The normalized spacial score (nSPS) is 12.0. The van der Waals surface area contributed by atoms with E-state index in [0.29, 0.717) is 17.5 Å². The number of halogens is 2. The molecule has 0 spiro atoms. The number of hydrogen-bond acceptors (Lipinski definition) is 3. The second-order valence-corrected chi connectivity index (χ2v) is 5.99. The molecule has 116 valence electrons. The molecule has 0 saturated carbocycles. The van der Waals surface area contributed by atoms with Gasteiger partial charge in [0.1, 0.15) is 5.56 Å². The molecule has 1 amide bonds. The number of hydrogen-bond donors (Lipinski definition) is 1. The van der Waals surface area contributed by atoms with Crippen molar-refractivity contribution in [2.45, 2.75) is 26.2 Å². The quantitative estimate of drug-likeness (QED) is 0.419. The lowest BCUT2D eigenvalue weighted by Crippen LogP contribution is -2.30. The third-order valence-electron chi connectivity index (χ3n) is 3.17. The van der Waals surface area contributed by atoms with Crippen LogP contribution in [-0.4, -0.2) is 22.7 Å². The molecule has 0 radical (unpaired) electrons. The van der Waals surface area contributed by atoms with E-state index in [-0.39, 0.29) is 11.3 Å². The highest BCUT2D eigenvalue weighted by Gasteiger charge is 2.21. The summed E-state index contributed by atoms with van der Waals surface area (Å²) >= 11 is 9.21. The lowest BCUT2D eigenvalue weighted by Gasteiger charge is -2.15. The Morgan fingerprint density at radius 3 is 2.76 bits per heavy atom. The second kappa shape index (κ2) is 9.00. The highest BCUT2D eigenvalue weighted by Crippen LogP contribution is 2.22. The number of amides is 1. The van der Waals surface area contributed by atoms with Crippen LogP contribution in [0.2, 0.25) is 5.02 Å². The lowest BCUT2D eigenvalue weighted by atomic mass is 10.0. The van der Waals surface area contributed by atoms with Crippen LogP contribution in [0.5, 0.6) is 0 Å². The number of nitrogens with one attached hydrogen (secondary N) is 1. The summed E-state index contributed by atoms with van der Waals surface area (Å²) in [4.78, 5) is 22.5. The zero-order chi connectivity index (χ0) is 15.8. The van der Waals surface area contributed by atoms with Crippen LogP contribution in [0.3, 0.4) is 0 Å². The summed E-state index contributed by atoms with van der Waals surface area (Å²) in [6.45, 7) is 2.59. The van der Waals surface area contributed by atoms with Crippen LogP contribution in [0.4, 0.5) is 5.69 Å². The molecule has 21 heavy (non-hydrogen) atoms. The standard InChI is InChI=1S/C14H18BrClN2O3/c1-2-3-10(6-7-15)9-17-14(19)12-8-11(16)4-5-13(12)18(20)21/h4-5,8,10H,2-3,6-7,9H2,1H3,(H,17,19). The molecule has 1 atom stereocenters. The number of rotatable bonds is 8. The van der Waals surface area contributed by atoms with Crippen molar-refractivity contribution in [2.75, 3.05) is 11.9 Å². The van der Waals surface area contributed by atoms with Crippen LogP contribution < -0.4 is 5.32 Å². The van der Waals surface area contributed by atoms with Gasteiger partial charge in [-0.2, -0.15) is 0 Å². The van der Waals surface area contributed by atoms with E-state index in [4.69, 9.17) is 11.6 Å². The first-order valence-electron chi connectivity index (χ1n) is 6.77. The van der Waals surface area contributed by atoms with Gasteiger partial charge in [0.2, 0.25) is 0 Å². The molecule has 1 rings (SSSR count). The minimum Gasteiger partial charge on any atom is -0.352 e. The van der Waals surface area contributed by atoms with E-state index < -0.39 is 10.8 Å². The van der Waals surface area contributed by atoms with Gasteiger partial charge in [0.15, 0.2) is 0 Å². The Labute approximate surface area is 137 Å². The van der Waals surface area contributed by atoms with Crippen molar-refractivity contribution in [2.24, 2.45) is 5.92 Å². The van der Waals surface area contributed by atoms with E-state index in [1.807, 2.05) is 0 Å². The first-order valence-corrected chi connectivity index (χ1v) is 8.27. The molecular weight excluding hydrogens is 360 g/mol. The maximum atomic E-state index is 12.1. The fraction of sp³-hybridized carbons (Fsp3) is 0.500. The summed E-state index contributed by atoms with van der Waals surface area (Å²) < 4.78 is 0. The first kappa shape index (κ1) is 17.9. The maximum Gasteiger partial charge on any atom is 0.282 e. The van der Waals surface area contributed by atoms with Crippen molar-refractivity contribution >= 4 is 39.1 Å². The van der Waals surface area contributed by atoms with Crippen molar-refractivity contribution in [3.63, 3.8) is 0 Å². The summed E-state index contributed by atoms with van der Waals surface area (Å²) in [5, 5.41) is 14.9. The lowest BCUT2D eigenvalue weighted by molar-refractivity contribution is -0.385. The molecule has 0 aliphatic rings. The molecular formula is C14H18BrClN2O3. The average Bonchev–Trinajstić information content (AvgIpc) is 2.44. The number of alkyl halides is 1. The molecule has 0 heterocycles. The highest BCUT2D eigenvalue weighted by atomic mass is 79.9. The molecule has 0 bridgehead atoms. The minimum atomic E-state index is -0.576. The Morgan fingerprint density at radius 1 is 1.48 bits per heavy atom. The number of nitro benzene ring substituents is 1. The van der Waals surface area contributed by atoms with Crippen LogP contribution in [0.15, 0.2) is 18.2 Å². The molecule has 0 aliphatic carbocycles. The molecule has 0 saturated heterocycles. The van der Waals surface area contributed by atoms with Crippen molar-refractivity contribution < 1.29 is 9.72 Å². The van der Waals surface area contributed by atoms with E-state index >= 15 is 0 Å². The molecule has 0 fully saturated rings. The first-order chi connectivity index (χ1) is 9.99. The van der Waals surface area contributed by atoms with Gasteiger partial charge in [-0.25, -0.2) is 0 Å². The van der Waals surface area contributed by atoms with Gasteiger partial charge in [-0.15, -0.1) is 0 Å². The summed E-state index contributed by atoms with van der Waals surface area (Å²) in [5.41, 5.74) is -0.231. The van der Waals surface area contributed by atoms with Gasteiger partial charge in [-0.1, -0.05) is 40.9 Å². The molecule has 7 heteroatoms. The zero-order valence-electron chi connectivity index (χ0n) is 11.8. The molecule has 5 nitrogen and oxygen atoms in total. The summed E-state index contributed by atoms with van der Waals surface area (Å²) in [7, 11) is 0. The van der Waals surface area contributed by atoms with Gasteiger partial charge in [0.05, 0.1) is 4.92 Å². The van der Waals surface area contributed by atoms with Gasteiger partial charge in [-0.3, -0.25) is 14.9 Å². The second-order valence-electron chi connectivity index (χ2n) is 4.76. The number of nitro groups is 1. The summed E-state index contributed by atoms with van der Waals surface area (Å²) in [6.07, 6.45) is 2.99. The van der Waals surface area contributed by atoms with E-state index in [9.17, 15) is 14.9 Å². The van der Waals surface area contributed by atoms with Crippen molar-refractivity contribution in [1.29, 1.82) is 0 Å². The Bertz CT molecular complexity index is 505. The minimum absolute atomic E-state index is 0.00147. The Kier molecular flexibility index (Phi) is 7.67. The van der Waals surface area contributed by atoms with Gasteiger partial charge in [0.25, 0.3) is 11.6 Å². The Hall–Kier alpha value is -1.14. The third kappa shape index (κ3) is 5.63. The number of carbonyl (C=O) groups excluding carboxylic acids is 1. The van der Waals surface area contributed by atoms with Crippen LogP contribution in [0.1, 0.15) is 36.5 Å². The Morgan fingerprint density at radius 2 is 2.19 bits per heavy atom. The molecule has 0 aromatic heterocycles. The van der Waals surface area contributed by atoms with Crippen LogP contribution in [0.25, 0.3) is 0 Å². The van der Waals surface area contributed by atoms with E-state index in [2.05, 4.69) is 28.2 Å². The molecule has 1 aromatic rings. The van der Waals surface area contributed by atoms with Crippen LogP contribution in [0, 0.1) is 16.0 Å². The maximum absolute atomic E-state index is 12.1. The highest BCUT2D eigenvalue weighted by molar-refractivity contribution is 9.09. The molecule has 1 aromatic carbocycles. The van der Waals surface area contributed by atoms with E-state index in [1.165, 1.54) is 18.2 Å². The average molecular weight is 378 g/mol. The third-order valence-corrected chi connectivity index (χ3v) is 3.86. The van der Waals surface area contributed by atoms with Crippen LogP contribution in [-0.2, 0) is 0 Å². The van der Waals surface area contributed by atoms with E-state index in [1.54, 1.807) is 0 Å². The van der Waals surface area contributed by atoms with Gasteiger partial charge in [-0.05, 0) is 30.9 Å². The smallest absolute Gasteiger partial charge is 0.282 e. The number of benzene rings is 1. The van der Waals surface area contributed by atoms with Gasteiger partial charge >= 0.3 is 0 Å².